The van der Waals surface area contributed by atoms with Crippen LogP contribution < -0.4 is 0 Å². The standard InChI is InChI=1S/C21H27N7O3/c1-16-19(13-30-20(16)29)27-10-11-31-21(14-27)5-8-26(9-6-21)7-4-17-2-3-18(12-22-17)28-15-23-24-25-28/h2-3,12,15H,4-11,13-14H2,1H3. The zero-order valence-corrected chi connectivity index (χ0v) is 17.7. The van der Waals surface area contributed by atoms with E-state index in [-0.39, 0.29) is 11.6 Å². The van der Waals surface area contributed by atoms with Gasteiger partial charge in [0.25, 0.3) is 0 Å². The lowest BCUT2D eigenvalue weighted by Gasteiger charge is -2.48. The number of hydrogen-bond donors (Lipinski definition) is 0. The van der Waals surface area contributed by atoms with Crippen molar-refractivity contribution < 1.29 is 14.3 Å². The number of pyridine rings is 1. The number of carbonyl (C=O) groups is 1. The molecule has 2 fully saturated rings. The Kier molecular flexibility index (Phi) is 5.41. The first-order chi connectivity index (χ1) is 15.1. The van der Waals surface area contributed by atoms with Crippen LogP contribution in [-0.2, 0) is 20.7 Å². The lowest BCUT2D eigenvalue weighted by molar-refractivity contribution is -0.136. The molecule has 164 valence electrons. The van der Waals surface area contributed by atoms with Crippen LogP contribution in [-0.4, -0.2) is 92.5 Å². The van der Waals surface area contributed by atoms with E-state index in [1.165, 1.54) is 0 Å². The molecule has 5 rings (SSSR count). The van der Waals surface area contributed by atoms with Gasteiger partial charge in [-0.15, -0.1) is 5.10 Å². The molecule has 3 aliphatic heterocycles. The third kappa shape index (κ3) is 4.17. The van der Waals surface area contributed by atoms with Gasteiger partial charge in [0.05, 0.1) is 35.4 Å². The Morgan fingerprint density at radius 2 is 2.06 bits per heavy atom. The molecular weight excluding hydrogens is 398 g/mol. The molecule has 0 radical (unpaired) electrons. The number of nitrogens with zero attached hydrogens (tertiary/aromatic N) is 7. The van der Waals surface area contributed by atoms with Crippen molar-refractivity contribution in [2.75, 3.05) is 45.9 Å². The van der Waals surface area contributed by atoms with Gasteiger partial charge in [0.15, 0.2) is 0 Å². The lowest BCUT2D eigenvalue weighted by Crippen LogP contribution is -2.56. The van der Waals surface area contributed by atoms with Gasteiger partial charge in [-0.05, 0) is 42.3 Å². The van der Waals surface area contributed by atoms with Crippen LogP contribution in [0.25, 0.3) is 5.69 Å². The summed E-state index contributed by atoms with van der Waals surface area (Å²) in [7, 11) is 0. The highest BCUT2D eigenvalue weighted by atomic mass is 16.5. The first-order valence-electron chi connectivity index (χ1n) is 10.8. The maximum absolute atomic E-state index is 11.7. The summed E-state index contributed by atoms with van der Waals surface area (Å²) in [5.41, 5.74) is 3.57. The van der Waals surface area contributed by atoms with Crippen LogP contribution >= 0.6 is 0 Å². The Morgan fingerprint density at radius 1 is 1.19 bits per heavy atom. The summed E-state index contributed by atoms with van der Waals surface area (Å²) < 4.78 is 13.1. The normalized spacial score (nSPS) is 21.7. The maximum atomic E-state index is 11.7. The summed E-state index contributed by atoms with van der Waals surface area (Å²) in [6.07, 6.45) is 6.26. The highest BCUT2D eigenvalue weighted by Crippen LogP contribution is 2.33. The van der Waals surface area contributed by atoms with Gasteiger partial charge in [-0.25, -0.2) is 4.79 Å². The van der Waals surface area contributed by atoms with E-state index in [9.17, 15) is 4.79 Å². The number of aromatic nitrogens is 5. The molecule has 2 aromatic heterocycles. The van der Waals surface area contributed by atoms with Crippen molar-refractivity contribution in [3.8, 4) is 5.69 Å². The van der Waals surface area contributed by atoms with E-state index in [2.05, 4.69) is 30.3 Å². The Balaban J connectivity index is 1.13. The molecule has 2 saturated heterocycles. The number of tetrazole rings is 1. The summed E-state index contributed by atoms with van der Waals surface area (Å²) in [6.45, 7) is 7.59. The topological polar surface area (TPSA) is 98.5 Å². The number of esters is 1. The van der Waals surface area contributed by atoms with Crippen LogP contribution in [0.4, 0.5) is 0 Å². The monoisotopic (exact) mass is 425 g/mol. The van der Waals surface area contributed by atoms with Crippen molar-refractivity contribution in [3.05, 3.63) is 41.6 Å². The van der Waals surface area contributed by atoms with E-state index in [1.54, 1.807) is 17.2 Å². The minimum atomic E-state index is -0.190. The number of hydrogen-bond acceptors (Lipinski definition) is 9. The summed E-state index contributed by atoms with van der Waals surface area (Å²) in [4.78, 5) is 21.1. The SMILES string of the molecule is CC1=C(N2CCOC3(CCN(CCc4ccc(-n5cnnn5)cn4)CC3)C2)COC1=O. The molecule has 3 aliphatic rings. The Bertz CT molecular complexity index is 950. The first-order valence-corrected chi connectivity index (χ1v) is 10.8. The van der Waals surface area contributed by atoms with E-state index in [4.69, 9.17) is 9.47 Å². The fraction of sp³-hybridized carbons (Fsp3) is 0.571. The van der Waals surface area contributed by atoms with Gasteiger partial charge in [-0.3, -0.25) is 4.98 Å². The average molecular weight is 425 g/mol. The molecule has 0 aliphatic carbocycles. The van der Waals surface area contributed by atoms with E-state index in [0.29, 0.717) is 13.2 Å². The van der Waals surface area contributed by atoms with Crippen LogP contribution in [0, 0.1) is 0 Å². The van der Waals surface area contributed by atoms with Crippen LogP contribution in [0.15, 0.2) is 35.9 Å². The van der Waals surface area contributed by atoms with E-state index < -0.39 is 0 Å². The van der Waals surface area contributed by atoms with Gasteiger partial charge < -0.3 is 19.3 Å². The summed E-state index contributed by atoms with van der Waals surface area (Å²) in [6, 6.07) is 4.02. The number of likely N-dealkylation sites (tertiary alicyclic amines) is 1. The summed E-state index contributed by atoms with van der Waals surface area (Å²) in [5, 5.41) is 11.2. The van der Waals surface area contributed by atoms with Gasteiger partial charge >= 0.3 is 5.97 Å². The zero-order valence-electron chi connectivity index (χ0n) is 17.7. The number of morpholine rings is 1. The van der Waals surface area contributed by atoms with E-state index in [1.807, 2.05) is 19.1 Å². The summed E-state index contributed by atoms with van der Waals surface area (Å²) in [5.74, 6) is -0.190. The van der Waals surface area contributed by atoms with Crippen LogP contribution in [0.2, 0.25) is 0 Å². The van der Waals surface area contributed by atoms with Crippen molar-refractivity contribution >= 4 is 5.97 Å². The largest absolute Gasteiger partial charge is 0.456 e. The molecule has 0 aromatic carbocycles. The number of piperidine rings is 1. The highest BCUT2D eigenvalue weighted by molar-refractivity contribution is 5.90. The molecule has 5 heterocycles. The second-order valence-electron chi connectivity index (χ2n) is 8.45. The minimum absolute atomic E-state index is 0.126. The number of cyclic esters (lactones) is 1. The molecule has 0 amide bonds. The average Bonchev–Trinajstić information content (AvgIpc) is 3.45. The number of rotatable bonds is 5. The van der Waals surface area contributed by atoms with Crippen LogP contribution in [0.1, 0.15) is 25.5 Å². The fourth-order valence-corrected chi connectivity index (χ4v) is 4.61. The van der Waals surface area contributed by atoms with Crippen LogP contribution in [0.3, 0.4) is 0 Å². The second kappa shape index (κ2) is 8.35. The molecular formula is C21H27N7O3. The van der Waals surface area contributed by atoms with Crippen LogP contribution in [0.5, 0.6) is 0 Å². The van der Waals surface area contributed by atoms with E-state index >= 15 is 0 Å². The van der Waals surface area contributed by atoms with Crippen molar-refractivity contribution in [1.82, 2.24) is 35.0 Å². The molecule has 0 unspecified atom stereocenters. The molecule has 0 atom stereocenters. The van der Waals surface area contributed by atoms with Gasteiger partial charge in [-0.2, -0.15) is 4.68 Å². The van der Waals surface area contributed by atoms with Gasteiger partial charge in [0, 0.05) is 44.8 Å². The molecule has 2 aromatic rings. The molecule has 0 saturated carbocycles. The second-order valence-corrected chi connectivity index (χ2v) is 8.45. The quantitative estimate of drug-likeness (QED) is 0.638. The third-order valence-electron chi connectivity index (χ3n) is 6.58. The molecule has 1 spiro atoms. The summed E-state index contributed by atoms with van der Waals surface area (Å²) >= 11 is 0. The number of ether oxygens (including phenoxy) is 2. The molecule has 0 N–H and O–H groups in total. The highest BCUT2D eigenvalue weighted by Gasteiger charge is 2.41. The van der Waals surface area contributed by atoms with Gasteiger partial charge in [0.1, 0.15) is 12.9 Å². The smallest absolute Gasteiger partial charge is 0.335 e. The maximum Gasteiger partial charge on any atom is 0.335 e. The predicted octanol–water partition coefficient (Wildman–Crippen LogP) is 0.597. The van der Waals surface area contributed by atoms with Gasteiger partial charge in [-0.1, -0.05) is 0 Å². The van der Waals surface area contributed by atoms with Crippen molar-refractivity contribution in [2.45, 2.75) is 31.8 Å². The zero-order chi connectivity index (χ0) is 21.3. The predicted molar refractivity (Wildman–Crippen MR) is 110 cm³/mol. The first kappa shape index (κ1) is 20.1. The fourth-order valence-electron chi connectivity index (χ4n) is 4.61. The Labute approximate surface area is 180 Å². The molecule has 10 heteroatoms. The van der Waals surface area contributed by atoms with Crippen molar-refractivity contribution in [2.24, 2.45) is 0 Å². The van der Waals surface area contributed by atoms with E-state index in [0.717, 1.165) is 74.6 Å². The number of carbonyl (C=O) groups excluding carboxylic acids is 1. The van der Waals surface area contributed by atoms with Gasteiger partial charge in [0.2, 0.25) is 0 Å². The lowest BCUT2D eigenvalue weighted by atomic mass is 9.89. The Hall–Kier alpha value is -2.85. The molecule has 10 nitrogen and oxygen atoms in total. The minimum Gasteiger partial charge on any atom is -0.456 e. The van der Waals surface area contributed by atoms with Crippen molar-refractivity contribution in [3.63, 3.8) is 0 Å². The Morgan fingerprint density at radius 3 is 2.74 bits per heavy atom. The molecule has 31 heavy (non-hydrogen) atoms. The molecule has 0 bridgehead atoms. The third-order valence-corrected chi connectivity index (χ3v) is 6.58. The van der Waals surface area contributed by atoms with Crippen molar-refractivity contribution in [1.29, 1.82) is 0 Å².